The highest BCUT2D eigenvalue weighted by molar-refractivity contribution is 6.04. The van der Waals surface area contributed by atoms with Gasteiger partial charge >= 0.3 is 0 Å². The fraction of sp³-hybridized carbons (Fsp3) is 0.167. The van der Waals surface area contributed by atoms with Crippen LogP contribution in [-0.2, 0) is 0 Å². The van der Waals surface area contributed by atoms with E-state index in [0.29, 0.717) is 17.2 Å². The average molecular weight is 301 g/mol. The summed E-state index contributed by atoms with van der Waals surface area (Å²) < 4.78 is 25.8. The Bertz CT molecular complexity index is 691. The van der Waals surface area contributed by atoms with E-state index in [1.54, 1.807) is 12.1 Å². The Hall–Kier alpha value is -2.49. The van der Waals surface area contributed by atoms with Crippen LogP contribution >= 0.6 is 0 Å². The number of ketones is 1. The first kappa shape index (κ1) is 15.9. The minimum Gasteiger partial charge on any atom is -0.361 e. The molecule has 0 saturated carbocycles. The number of halogens is 2. The summed E-state index contributed by atoms with van der Waals surface area (Å²) in [5.74, 6) is -1.59. The Kier molecular flexibility index (Phi) is 5.04. The Labute approximate surface area is 128 Å². The maximum atomic E-state index is 13.0. The van der Waals surface area contributed by atoms with E-state index < -0.39 is 11.6 Å². The lowest BCUT2D eigenvalue weighted by molar-refractivity contribution is 0.104. The number of benzene rings is 2. The first-order valence-electron chi connectivity index (χ1n) is 7.00. The number of hydrogen-bond acceptors (Lipinski definition) is 2. The van der Waals surface area contributed by atoms with E-state index in [2.05, 4.69) is 19.2 Å². The van der Waals surface area contributed by atoms with Crippen molar-refractivity contribution in [2.24, 2.45) is 0 Å². The van der Waals surface area contributed by atoms with Gasteiger partial charge in [-0.15, -0.1) is 0 Å². The zero-order valence-corrected chi connectivity index (χ0v) is 12.4. The molecule has 0 saturated heterocycles. The summed E-state index contributed by atoms with van der Waals surface area (Å²) in [6, 6.07) is 10.9. The number of rotatable bonds is 5. The summed E-state index contributed by atoms with van der Waals surface area (Å²) in [6.07, 6.45) is 2.76. The maximum absolute atomic E-state index is 13.0. The van der Waals surface area contributed by atoms with Gasteiger partial charge < -0.3 is 5.32 Å². The Morgan fingerprint density at radius 2 is 1.73 bits per heavy atom. The predicted octanol–water partition coefficient (Wildman–Crippen LogP) is 4.90. The van der Waals surface area contributed by atoms with Crippen molar-refractivity contribution in [1.82, 2.24) is 0 Å². The fourth-order valence-corrected chi connectivity index (χ4v) is 1.93. The summed E-state index contributed by atoms with van der Waals surface area (Å²) in [4.78, 5) is 12.0. The topological polar surface area (TPSA) is 29.1 Å². The van der Waals surface area contributed by atoms with Crippen molar-refractivity contribution < 1.29 is 13.6 Å². The van der Waals surface area contributed by atoms with Crippen LogP contribution in [0.4, 0.5) is 14.5 Å². The number of allylic oxidation sites excluding steroid dienone is 1. The van der Waals surface area contributed by atoms with Crippen molar-refractivity contribution in [3.63, 3.8) is 0 Å². The van der Waals surface area contributed by atoms with E-state index in [4.69, 9.17) is 0 Å². The third-order valence-electron chi connectivity index (χ3n) is 3.27. The second kappa shape index (κ2) is 6.98. The molecule has 2 aromatic carbocycles. The Morgan fingerprint density at radius 1 is 1.05 bits per heavy atom. The van der Waals surface area contributed by atoms with Crippen molar-refractivity contribution in [1.29, 1.82) is 0 Å². The lowest BCUT2D eigenvalue weighted by Crippen LogP contribution is -1.97. The van der Waals surface area contributed by atoms with E-state index in [0.717, 1.165) is 12.1 Å². The van der Waals surface area contributed by atoms with E-state index in [9.17, 15) is 13.6 Å². The molecule has 0 aromatic heterocycles. The van der Waals surface area contributed by atoms with Gasteiger partial charge in [-0.25, -0.2) is 8.78 Å². The molecule has 2 nitrogen and oxygen atoms in total. The maximum Gasteiger partial charge on any atom is 0.187 e. The van der Waals surface area contributed by atoms with Gasteiger partial charge in [-0.05, 0) is 23.6 Å². The molecule has 2 aromatic rings. The molecular weight excluding hydrogens is 284 g/mol. The number of nitrogens with one attached hydrogen (secondary N) is 1. The third kappa shape index (κ3) is 4.01. The molecule has 0 unspecified atom stereocenters. The van der Waals surface area contributed by atoms with E-state index in [-0.39, 0.29) is 5.78 Å². The zero-order chi connectivity index (χ0) is 16.1. The average Bonchev–Trinajstić information content (AvgIpc) is 2.51. The molecular formula is C18H17F2NO. The van der Waals surface area contributed by atoms with Crippen LogP contribution in [-0.4, -0.2) is 5.78 Å². The van der Waals surface area contributed by atoms with Crippen molar-refractivity contribution in [3.05, 3.63) is 77.5 Å². The lowest BCUT2D eigenvalue weighted by Gasteiger charge is -2.05. The summed E-state index contributed by atoms with van der Waals surface area (Å²) in [7, 11) is 0. The monoisotopic (exact) mass is 301 g/mol. The van der Waals surface area contributed by atoms with Crippen LogP contribution in [0.25, 0.3) is 0 Å². The quantitative estimate of drug-likeness (QED) is 0.629. The second-order valence-corrected chi connectivity index (χ2v) is 5.25. The molecule has 1 N–H and O–H groups in total. The van der Waals surface area contributed by atoms with Crippen molar-refractivity contribution in [2.45, 2.75) is 19.8 Å². The molecule has 0 aliphatic rings. The van der Waals surface area contributed by atoms with E-state index >= 15 is 0 Å². The van der Waals surface area contributed by atoms with Crippen LogP contribution < -0.4 is 5.32 Å². The van der Waals surface area contributed by atoms with Gasteiger partial charge in [-0.2, -0.15) is 0 Å². The minimum atomic E-state index is -0.936. The first-order chi connectivity index (χ1) is 10.5. The summed E-state index contributed by atoms with van der Waals surface area (Å²) in [5, 5.41) is 2.73. The van der Waals surface area contributed by atoms with Gasteiger partial charge in [-0.3, -0.25) is 4.79 Å². The Balaban J connectivity index is 2.00. The van der Waals surface area contributed by atoms with Crippen LogP contribution in [0, 0.1) is 11.6 Å². The molecule has 0 aliphatic heterocycles. The number of hydrogen-bond donors (Lipinski definition) is 1. The van der Waals surface area contributed by atoms with Gasteiger partial charge in [0.25, 0.3) is 0 Å². The van der Waals surface area contributed by atoms with Crippen LogP contribution in [0.3, 0.4) is 0 Å². The predicted molar refractivity (Wildman–Crippen MR) is 84.0 cm³/mol. The highest BCUT2D eigenvalue weighted by Crippen LogP contribution is 2.15. The molecule has 0 fully saturated rings. The summed E-state index contributed by atoms with van der Waals surface area (Å²) >= 11 is 0. The SMILES string of the molecule is CC(C)c1ccc(C(=O)C=CNc2ccc(F)c(F)c2)cc1. The van der Waals surface area contributed by atoms with E-state index in [1.165, 1.54) is 23.9 Å². The molecule has 114 valence electrons. The number of carbonyl (C=O) groups is 1. The van der Waals surface area contributed by atoms with Crippen molar-refractivity contribution in [3.8, 4) is 0 Å². The molecule has 4 heteroatoms. The second-order valence-electron chi connectivity index (χ2n) is 5.25. The fourth-order valence-electron chi connectivity index (χ4n) is 1.93. The van der Waals surface area contributed by atoms with Gasteiger partial charge in [0.1, 0.15) is 0 Å². The molecule has 0 amide bonds. The largest absolute Gasteiger partial charge is 0.361 e. The molecule has 2 rings (SSSR count). The highest BCUT2D eigenvalue weighted by atomic mass is 19.2. The molecule has 0 aliphatic carbocycles. The lowest BCUT2D eigenvalue weighted by atomic mass is 10.0. The van der Waals surface area contributed by atoms with Gasteiger partial charge in [-0.1, -0.05) is 38.1 Å². The standard InChI is InChI=1S/C18H17F2NO/c1-12(2)13-3-5-14(6-4-13)18(22)9-10-21-15-7-8-16(19)17(20)11-15/h3-12,21H,1-2H3. The van der Waals surface area contributed by atoms with Gasteiger partial charge in [0.15, 0.2) is 17.4 Å². The molecule has 0 spiro atoms. The smallest absolute Gasteiger partial charge is 0.187 e. The third-order valence-corrected chi connectivity index (χ3v) is 3.27. The van der Waals surface area contributed by atoms with Crippen molar-refractivity contribution in [2.75, 3.05) is 5.32 Å². The highest BCUT2D eigenvalue weighted by Gasteiger charge is 2.04. The molecule has 0 atom stereocenters. The zero-order valence-electron chi connectivity index (χ0n) is 12.4. The molecule has 0 bridgehead atoms. The molecule has 0 heterocycles. The van der Waals surface area contributed by atoms with Crippen molar-refractivity contribution >= 4 is 11.5 Å². The van der Waals surface area contributed by atoms with Crippen LogP contribution in [0.5, 0.6) is 0 Å². The molecule has 0 radical (unpaired) electrons. The summed E-state index contributed by atoms with van der Waals surface area (Å²) in [6.45, 7) is 4.17. The van der Waals surface area contributed by atoms with Crippen LogP contribution in [0.1, 0.15) is 35.7 Å². The molecule has 22 heavy (non-hydrogen) atoms. The normalized spacial score (nSPS) is 11.1. The first-order valence-corrected chi connectivity index (χ1v) is 7.00. The number of anilines is 1. The number of carbonyl (C=O) groups excluding carboxylic acids is 1. The van der Waals surface area contributed by atoms with Gasteiger partial charge in [0.05, 0.1) is 0 Å². The summed E-state index contributed by atoms with van der Waals surface area (Å²) in [5.41, 5.74) is 2.12. The minimum absolute atomic E-state index is 0.162. The van der Waals surface area contributed by atoms with E-state index in [1.807, 2.05) is 12.1 Å². The van der Waals surface area contributed by atoms with Crippen LogP contribution in [0.2, 0.25) is 0 Å². The Morgan fingerprint density at radius 3 is 2.32 bits per heavy atom. The van der Waals surface area contributed by atoms with Crippen LogP contribution in [0.15, 0.2) is 54.7 Å². The van der Waals surface area contributed by atoms with Gasteiger partial charge in [0, 0.05) is 29.6 Å². The van der Waals surface area contributed by atoms with Gasteiger partial charge in [0.2, 0.25) is 0 Å².